The van der Waals surface area contributed by atoms with Crippen molar-refractivity contribution in [3.63, 3.8) is 0 Å². The van der Waals surface area contributed by atoms with Gasteiger partial charge in [-0.05, 0) is 32.1 Å². The number of nitrogens with one attached hydrogen (secondary N) is 3. The fourth-order valence-corrected chi connectivity index (χ4v) is 2.59. The molecule has 3 N–H and O–H groups in total. The van der Waals surface area contributed by atoms with E-state index in [0.29, 0.717) is 31.5 Å². The summed E-state index contributed by atoms with van der Waals surface area (Å²) in [6.07, 6.45) is 6.37. The third-order valence-corrected chi connectivity index (χ3v) is 3.88. The van der Waals surface area contributed by atoms with Crippen molar-refractivity contribution in [1.82, 2.24) is 14.2 Å². The quantitative estimate of drug-likeness (QED) is 0.294. The Labute approximate surface area is 116 Å². The molecule has 0 radical (unpaired) electrons. The minimum Gasteiger partial charge on any atom is -0.338 e. The third-order valence-electron chi connectivity index (χ3n) is 3.00. The summed E-state index contributed by atoms with van der Waals surface area (Å²) in [5.41, 5.74) is 0. The molecule has 0 aromatic heterocycles. The largest absolute Gasteiger partial charge is 0.338 e. The van der Waals surface area contributed by atoms with Crippen LogP contribution in [0.5, 0.6) is 0 Å². The zero-order valence-corrected chi connectivity index (χ0v) is 12.0. The highest BCUT2D eigenvalue weighted by Crippen LogP contribution is 2.19. The molecule has 98 valence electrons. The maximum atomic E-state index is 11.5. The second-order valence-electron chi connectivity index (χ2n) is 4.37. The molecule has 0 aliphatic heterocycles. The van der Waals surface area contributed by atoms with Gasteiger partial charge in [0.05, 0.1) is 0 Å². The van der Waals surface area contributed by atoms with Crippen molar-refractivity contribution in [2.45, 2.75) is 50.6 Å². The van der Waals surface area contributed by atoms with Gasteiger partial charge in [-0.3, -0.25) is 3.53 Å². The fourth-order valence-electron chi connectivity index (χ4n) is 1.97. The number of amides is 2. The van der Waals surface area contributed by atoms with Crippen LogP contribution in [-0.2, 0) is 4.79 Å². The van der Waals surface area contributed by atoms with Crippen molar-refractivity contribution in [2.24, 2.45) is 0 Å². The van der Waals surface area contributed by atoms with Gasteiger partial charge < -0.3 is 15.4 Å². The summed E-state index contributed by atoms with van der Waals surface area (Å²) in [7, 11) is 0. The number of unbranched alkanes of at least 4 members (excludes halogenated alkanes) is 1. The van der Waals surface area contributed by atoms with Crippen LogP contribution in [0.25, 0.3) is 0 Å². The molecular formula is C11H20IN3O2. The Morgan fingerprint density at radius 1 is 1.24 bits per heavy atom. The maximum Gasteiger partial charge on any atom is 0.315 e. The van der Waals surface area contributed by atoms with Crippen LogP contribution < -0.4 is 14.2 Å². The number of halogens is 1. The Kier molecular flexibility index (Phi) is 7.50. The molecule has 2 amide bonds. The first-order valence-electron chi connectivity index (χ1n) is 6.10. The molecule has 1 aliphatic rings. The first kappa shape index (κ1) is 14.7. The molecule has 1 saturated carbocycles. The zero-order valence-electron chi connectivity index (χ0n) is 9.88. The van der Waals surface area contributed by atoms with Gasteiger partial charge in [0.2, 0.25) is 0 Å². The van der Waals surface area contributed by atoms with Gasteiger partial charge in [0.25, 0.3) is 0 Å². The second-order valence-corrected chi connectivity index (χ2v) is 4.99. The van der Waals surface area contributed by atoms with Crippen LogP contribution in [0, 0.1) is 0 Å². The van der Waals surface area contributed by atoms with E-state index in [2.05, 4.69) is 37.0 Å². The predicted molar refractivity (Wildman–Crippen MR) is 75.0 cm³/mol. The first-order chi connectivity index (χ1) is 8.26. The predicted octanol–water partition coefficient (Wildman–Crippen LogP) is 1.52. The summed E-state index contributed by atoms with van der Waals surface area (Å²) < 4.78 is 3.23. The van der Waals surface area contributed by atoms with E-state index < -0.39 is 0 Å². The Balaban J connectivity index is 2.08. The average molecular weight is 353 g/mol. The number of aldehydes is 1. The third kappa shape index (κ3) is 6.21. The lowest BCUT2D eigenvalue weighted by Gasteiger charge is -2.28. The number of hydrogen-bond donors (Lipinski definition) is 3. The Hall–Kier alpha value is -0.370. The van der Waals surface area contributed by atoms with Gasteiger partial charge in [-0.15, -0.1) is 0 Å². The Morgan fingerprint density at radius 3 is 2.47 bits per heavy atom. The monoisotopic (exact) mass is 353 g/mol. The van der Waals surface area contributed by atoms with Crippen LogP contribution in [0.2, 0.25) is 0 Å². The number of carbonyl (C=O) groups excluding carboxylic acids is 2. The smallest absolute Gasteiger partial charge is 0.315 e. The molecule has 0 saturated heterocycles. The van der Waals surface area contributed by atoms with Crippen molar-refractivity contribution in [3.05, 3.63) is 0 Å². The highest BCUT2D eigenvalue weighted by Gasteiger charge is 2.21. The Morgan fingerprint density at radius 2 is 1.88 bits per heavy atom. The molecule has 1 aliphatic carbocycles. The lowest BCUT2D eigenvalue weighted by Crippen LogP contribution is -2.45. The Bertz CT molecular complexity index is 243. The molecule has 0 heterocycles. The number of urea groups is 1. The van der Waals surface area contributed by atoms with Gasteiger partial charge in [-0.2, -0.15) is 0 Å². The summed E-state index contributed by atoms with van der Waals surface area (Å²) >= 11 is 2.19. The molecule has 0 atom stereocenters. The minimum absolute atomic E-state index is 0.109. The SMILES string of the molecule is O=CCCCNC(=O)N[C@H]1CC[C@H](NI)CC1. The summed E-state index contributed by atoms with van der Waals surface area (Å²) in [5.74, 6) is 0. The van der Waals surface area contributed by atoms with Crippen LogP contribution >= 0.6 is 22.9 Å². The van der Waals surface area contributed by atoms with E-state index in [0.717, 1.165) is 32.0 Å². The molecular weight excluding hydrogens is 333 g/mol. The van der Waals surface area contributed by atoms with Crippen molar-refractivity contribution >= 4 is 35.2 Å². The fraction of sp³-hybridized carbons (Fsp3) is 0.818. The van der Waals surface area contributed by atoms with E-state index in [1.165, 1.54) is 0 Å². The van der Waals surface area contributed by atoms with Crippen molar-refractivity contribution < 1.29 is 9.59 Å². The number of hydrogen-bond acceptors (Lipinski definition) is 3. The first-order valence-corrected chi connectivity index (χ1v) is 7.18. The lowest BCUT2D eigenvalue weighted by molar-refractivity contribution is -0.107. The molecule has 0 unspecified atom stereocenters. The van der Waals surface area contributed by atoms with Crippen LogP contribution in [0.1, 0.15) is 38.5 Å². The van der Waals surface area contributed by atoms with E-state index in [-0.39, 0.29) is 6.03 Å². The molecule has 0 aromatic rings. The minimum atomic E-state index is -0.109. The van der Waals surface area contributed by atoms with Crippen LogP contribution in [0.4, 0.5) is 4.79 Å². The normalized spacial score (nSPS) is 24.1. The standard InChI is InChI=1S/C11H20IN3O2/c12-15-10-5-3-9(4-6-10)14-11(17)13-7-1-2-8-16/h8-10,15H,1-7H2,(H2,13,14,17)/t9-,10-. The summed E-state index contributed by atoms with van der Waals surface area (Å²) in [6, 6.07) is 0.771. The maximum absolute atomic E-state index is 11.5. The number of rotatable bonds is 6. The van der Waals surface area contributed by atoms with E-state index >= 15 is 0 Å². The van der Waals surface area contributed by atoms with Crippen molar-refractivity contribution in [2.75, 3.05) is 6.54 Å². The summed E-state index contributed by atoms with van der Waals surface area (Å²) in [4.78, 5) is 21.6. The van der Waals surface area contributed by atoms with E-state index in [4.69, 9.17) is 0 Å². The molecule has 6 heteroatoms. The lowest BCUT2D eigenvalue weighted by atomic mass is 9.92. The second kappa shape index (κ2) is 8.68. The highest BCUT2D eigenvalue weighted by molar-refractivity contribution is 14.1. The molecule has 17 heavy (non-hydrogen) atoms. The molecule has 1 fully saturated rings. The topological polar surface area (TPSA) is 70.2 Å². The van der Waals surface area contributed by atoms with Gasteiger partial charge >= 0.3 is 6.03 Å². The molecule has 0 spiro atoms. The molecule has 0 bridgehead atoms. The van der Waals surface area contributed by atoms with Gasteiger partial charge in [-0.25, -0.2) is 4.79 Å². The summed E-state index contributed by atoms with van der Waals surface area (Å²) in [5, 5.41) is 5.74. The van der Waals surface area contributed by atoms with Crippen molar-refractivity contribution in [3.8, 4) is 0 Å². The highest BCUT2D eigenvalue weighted by atomic mass is 127. The van der Waals surface area contributed by atoms with Gasteiger partial charge in [0.1, 0.15) is 6.29 Å². The van der Waals surface area contributed by atoms with Crippen LogP contribution in [0.15, 0.2) is 0 Å². The number of carbonyl (C=O) groups is 2. The van der Waals surface area contributed by atoms with Gasteiger partial charge in [0, 0.05) is 47.9 Å². The molecule has 5 nitrogen and oxygen atoms in total. The van der Waals surface area contributed by atoms with E-state index in [1.807, 2.05) is 0 Å². The van der Waals surface area contributed by atoms with E-state index in [1.54, 1.807) is 0 Å². The molecule has 1 rings (SSSR count). The van der Waals surface area contributed by atoms with Gasteiger partial charge in [-0.1, -0.05) is 0 Å². The van der Waals surface area contributed by atoms with Crippen LogP contribution in [-0.4, -0.2) is 30.9 Å². The van der Waals surface area contributed by atoms with Crippen LogP contribution in [0.3, 0.4) is 0 Å². The molecule has 0 aromatic carbocycles. The van der Waals surface area contributed by atoms with Gasteiger partial charge in [0.15, 0.2) is 0 Å². The average Bonchev–Trinajstić information content (AvgIpc) is 2.36. The van der Waals surface area contributed by atoms with E-state index in [9.17, 15) is 9.59 Å². The van der Waals surface area contributed by atoms with Crippen molar-refractivity contribution in [1.29, 1.82) is 0 Å². The zero-order chi connectivity index (χ0) is 12.5. The summed E-state index contributed by atoms with van der Waals surface area (Å²) in [6.45, 7) is 0.565.